The van der Waals surface area contributed by atoms with E-state index in [1.54, 1.807) is 0 Å². The van der Waals surface area contributed by atoms with Crippen molar-refractivity contribution >= 4 is 11.8 Å². The number of carboxylic acids is 1. The molecule has 0 aliphatic heterocycles. The predicted octanol–water partition coefficient (Wildman–Crippen LogP) is 7.46. The fraction of sp³-hybridized carbons (Fsp3) is 0.913. The first-order valence-electron chi connectivity index (χ1n) is 11.4. The predicted molar refractivity (Wildman–Crippen MR) is 111 cm³/mol. The number of carbonyl (C=O) groups excluding carboxylic acids is 1. The van der Waals surface area contributed by atoms with Crippen LogP contribution in [0.1, 0.15) is 135 Å². The molecule has 0 heterocycles. The molecule has 0 rings (SSSR count). The minimum absolute atomic E-state index is 0.257. The van der Waals surface area contributed by atoms with Crippen molar-refractivity contribution in [2.24, 2.45) is 0 Å². The zero-order valence-electron chi connectivity index (χ0n) is 17.4. The molecule has 0 atom stereocenters. The molecular weight excluding hydrogens is 324 g/mol. The highest BCUT2D eigenvalue weighted by atomic mass is 16.4. The smallest absolute Gasteiger partial charge is 0.303 e. The van der Waals surface area contributed by atoms with Gasteiger partial charge >= 0.3 is 5.97 Å². The maximum absolute atomic E-state index is 11.8. The molecule has 0 aromatic heterocycles. The number of hydrogen-bond donors (Lipinski definition) is 1. The average Bonchev–Trinajstić information content (AvgIpc) is 2.61. The summed E-state index contributed by atoms with van der Waals surface area (Å²) in [5.41, 5.74) is 0. The topological polar surface area (TPSA) is 54.4 Å². The molecule has 154 valence electrons. The number of Topliss-reactive ketones (excluding diaryl/α,β-unsaturated/α-hetero) is 1. The number of carbonyl (C=O) groups is 2. The molecule has 0 saturated carbocycles. The summed E-state index contributed by atoms with van der Waals surface area (Å²) in [7, 11) is 0. The summed E-state index contributed by atoms with van der Waals surface area (Å²) >= 11 is 0. The minimum Gasteiger partial charge on any atom is -0.481 e. The van der Waals surface area contributed by atoms with Crippen molar-refractivity contribution in [2.45, 2.75) is 135 Å². The molecule has 3 heteroatoms. The first kappa shape index (κ1) is 25.1. The van der Waals surface area contributed by atoms with Crippen LogP contribution in [0.5, 0.6) is 0 Å². The van der Waals surface area contributed by atoms with E-state index in [0.29, 0.717) is 12.2 Å². The lowest BCUT2D eigenvalue weighted by molar-refractivity contribution is -0.137. The van der Waals surface area contributed by atoms with Gasteiger partial charge < -0.3 is 5.11 Å². The van der Waals surface area contributed by atoms with Crippen molar-refractivity contribution in [3.63, 3.8) is 0 Å². The summed E-state index contributed by atoms with van der Waals surface area (Å²) in [5, 5.41) is 8.55. The van der Waals surface area contributed by atoms with Crippen LogP contribution < -0.4 is 0 Å². The molecule has 0 spiro atoms. The monoisotopic (exact) mass is 368 g/mol. The summed E-state index contributed by atoms with van der Waals surface area (Å²) < 4.78 is 0. The van der Waals surface area contributed by atoms with Crippen LogP contribution in [-0.2, 0) is 9.59 Å². The van der Waals surface area contributed by atoms with Gasteiger partial charge in [-0.1, -0.05) is 96.8 Å². The normalized spacial score (nSPS) is 11.0. The van der Waals surface area contributed by atoms with Crippen LogP contribution in [0, 0.1) is 0 Å². The Bertz CT molecular complexity index is 325. The van der Waals surface area contributed by atoms with Crippen LogP contribution in [0.4, 0.5) is 0 Å². The maximum Gasteiger partial charge on any atom is 0.303 e. The van der Waals surface area contributed by atoms with E-state index in [9.17, 15) is 9.59 Å². The zero-order valence-corrected chi connectivity index (χ0v) is 17.4. The summed E-state index contributed by atoms with van der Waals surface area (Å²) in [6.07, 6.45) is 22.7. The van der Waals surface area contributed by atoms with Crippen molar-refractivity contribution in [1.82, 2.24) is 0 Å². The van der Waals surface area contributed by atoms with Gasteiger partial charge in [-0.05, 0) is 19.3 Å². The SMILES string of the molecule is CCCCCCCCCCCCCCCC(=O)CCCCCCC(=O)O. The molecule has 26 heavy (non-hydrogen) atoms. The lowest BCUT2D eigenvalue weighted by Gasteiger charge is -2.03. The van der Waals surface area contributed by atoms with Crippen molar-refractivity contribution in [2.75, 3.05) is 0 Å². The molecule has 1 N–H and O–H groups in total. The minimum atomic E-state index is -0.719. The fourth-order valence-corrected chi connectivity index (χ4v) is 3.42. The number of hydrogen-bond acceptors (Lipinski definition) is 2. The van der Waals surface area contributed by atoms with Gasteiger partial charge in [-0.2, -0.15) is 0 Å². The molecule has 0 aliphatic rings. The second-order valence-corrected chi connectivity index (χ2v) is 7.84. The van der Waals surface area contributed by atoms with Gasteiger partial charge in [0.1, 0.15) is 5.78 Å². The molecule has 3 nitrogen and oxygen atoms in total. The molecule has 0 saturated heterocycles. The van der Waals surface area contributed by atoms with Crippen LogP contribution in [0.2, 0.25) is 0 Å². The van der Waals surface area contributed by atoms with E-state index in [1.165, 1.54) is 77.0 Å². The van der Waals surface area contributed by atoms with Crippen LogP contribution in [-0.4, -0.2) is 16.9 Å². The Morgan fingerprint density at radius 2 is 0.808 bits per heavy atom. The van der Waals surface area contributed by atoms with Gasteiger partial charge in [-0.3, -0.25) is 9.59 Å². The van der Waals surface area contributed by atoms with E-state index in [0.717, 1.165) is 38.5 Å². The number of ketones is 1. The van der Waals surface area contributed by atoms with E-state index in [-0.39, 0.29) is 6.42 Å². The lowest BCUT2D eigenvalue weighted by Crippen LogP contribution is -1.98. The summed E-state index contributed by atoms with van der Waals surface area (Å²) in [4.78, 5) is 22.2. The number of unbranched alkanes of at least 4 members (excludes halogenated alkanes) is 15. The van der Waals surface area contributed by atoms with E-state index in [2.05, 4.69) is 6.92 Å². The first-order chi connectivity index (χ1) is 12.7. The van der Waals surface area contributed by atoms with E-state index >= 15 is 0 Å². The van der Waals surface area contributed by atoms with Crippen molar-refractivity contribution in [3.05, 3.63) is 0 Å². The van der Waals surface area contributed by atoms with Crippen LogP contribution >= 0.6 is 0 Å². The van der Waals surface area contributed by atoms with Gasteiger partial charge in [0, 0.05) is 19.3 Å². The molecule has 0 unspecified atom stereocenters. The van der Waals surface area contributed by atoms with E-state index < -0.39 is 5.97 Å². The maximum atomic E-state index is 11.8. The van der Waals surface area contributed by atoms with Gasteiger partial charge in [0.05, 0.1) is 0 Å². The molecular formula is C23H44O3. The number of aliphatic carboxylic acids is 1. The van der Waals surface area contributed by atoms with Gasteiger partial charge in [0.15, 0.2) is 0 Å². The molecule has 0 aromatic carbocycles. The van der Waals surface area contributed by atoms with Crippen LogP contribution in [0.15, 0.2) is 0 Å². The molecule has 0 aliphatic carbocycles. The molecule has 0 amide bonds. The highest BCUT2D eigenvalue weighted by Gasteiger charge is 2.02. The van der Waals surface area contributed by atoms with Crippen LogP contribution in [0.25, 0.3) is 0 Å². The van der Waals surface area contributed by atoms with E-state index in [1.807, 2.05) is 0 Å². The number of carboxylic acid groups (broad SMARTS) is 1. The third-order valence-corrected chi connectivity index (χ3v) is 5.16. The molecule has 0 aromatic rings. The van der Waals surface area contributed by atoms with Crippen molar-refractivity contribution in [1.29, 1.82) is 0 Å². The Hall–Kier alpha value is -0.860. The van der Waals surface area contributed by atoms with Gasteiger partial charge in [0.25, 0.3) is 0 Å². The summed E-state index contributed by atoms with van der Waals surface area (Å²) in [5.74, 6) is -0.324. The van der Waals surface area contributed by atoms with E-state index in [4.69, 9.17) is 5.11 Å². The molecule has 0 radical (unpaired) electrons. The highest BCUT2D eigenvalue weighted by molar-refractivity contribution is 5.78. The van der Waals surface area contributed by atoms with Gasteiger partial charge in [-0.25, -0.2) is 0 Å². The highest BCUT2D eigenvalue weighted by Crippen LogP contribution is 2.14. The Balaban J connectivity index is 3.15. The Kier molecular flexibility index (Phi) is 19.8. The standard InChI is InChI=1S/C23H44O3/c1-2-3-4-5-6-7-8-9-10-11-12-13-16-19-22(24)20-17-14-15-18-21-23(25)26/h2-21H2,1H3,(H,25,26). The van der Waals surface area contributed by atoms with Gasteiger partial charge in [0.2, 0.25) is 0 Å². The molecule has 0 fully saturated rings. The fourth-order valence-electron chi connectivity index (χ4n) is 3.42. The largest absolute Gasteiger partial charge is 0.481 e. The Morgan fingerprint density at radius 3 is 1.15 bits per heavy atom. The summed E-state index contributed by atoms with van der Waals surface area (Å²) in [6.45, 7) is 2.27. The second-order valence-electron chi connectivity index (χ2n) is 7.84. The zero-order chi connectivity index (χ0) is 19.3. The average molecular weight is 369 g/mol. The molecule has 0 bridgehead atoms. The Morgan fingerprint density at radius 1 is 0.500 bits per heavy atom. The van der Waals surface area contributed by atoms with Gasteiger partial charge in [-0.15, -0.1) is 0 Å². The first-order valence-corrected chi connectivity index (χ1v) is 11.4. The third-order valence-electron chi connectivity index (χ3n) is 5.16. The van der Waals surface area contributed by atoms with Crippen LogP contribution in [0.3, 0.4) is 0 Å². The van der Waals surface area contributed by atoms with Crippen molar-refractivity contribution < 1.29 is 14.7 Å². The lowest BCUT2D eigenvalue weighted by atomic mass is 10.0. The quantitative estimate of drug-likeness (QED) is 0.214. The Labute approximate surface area is 162 Å². The third kappa shape index (κ3) is 21.2. The number of rotatable bonds is 21. The second kappa shape index (κ2) is 20.5. The summed E-state index contributed by atoms with van der Waals surface area (Å²) in [6, 6.07) is 0. The van der Waals surface area contributed by atoms with Crippen molar-refractivity contribution in [3.8, 4) is 0 Å².